The number of phenols is 4. The van der Waals surface area contributed by atoms with Crippen LogP contribution >= 0.6 is 0 Å². The predicted octanol–water partition coefficient (Wildman–Crippen LogP) is 4.20. The fourth-order valence-corrected chi connectivity index (χ4v) is 4.44. The Hall–Kier alpha value is -5.91. The zero-order valence-corrected chi connectivity index (χ0v) is 26.9. The van der Waals surface area contributed by atoms with Crippen molar-refractivity contribution in [2.24, 2.45) is 0 Å². The van der Waals surface area contributed by atoms with Crippen molar-refractivity contribution in [3.63, 3.8) is 0 Å². The van der Waals surface area contributed by atoms with E-state index < -0.39 is 0 Å². The Labute approximate surface area is 279 Å². The molecule has 0 spiro atoms. The zero-order valence-electron chi connectivity index (χ0n) is 26.9. The molecule has 0 saturated heterocycles. The van der Waals surface area contributed by atoms with Crippen LogP contribution in [0, 0.1) is 0 Å². The minimum absolute atomic E-state index is 0.0108. The summed E-state index contributed by atoms with van der Waals surface area (Å²) in [5, 5.41) is 44.4. The molecule has 0 aliphatic heterocycles. The molecular formula is C36H41N3O9. The molecule has 0 radical (unpaired) electrons. The van der Waals surface area contributed by atoms with Crippen LogP contribution in [0.3, 0.4) is 0 Å². The van der Waals surface area contributed by atoms with Gasteiger partial charge >= 0.3 is 0 Å². The highest BCUT2D eigenvalue weighted by atomic mass is 16.5. The van der Waals surface area contributed by atoms with E-state index in [1.54, 1.807) is 41.3 Å². The number of aromatic hydroxyl groups is 4. The molecular weight excluding hydrogens is 618 g/mol. The molecule has 0 unspecified atom stereocenters. The van der Waals surface area contributed by atoms with Crippen molar-refractivity contribution in [2.45, 2.75) is 19.3 Å². The quantitative estimate of drug-likeness (QED) is 0.0704. The van der Waals surface area contributed by atoms with E-state index in [9.17, 15) is 34.8 Å². The number of hydrogen-bond acceptors (Lipinski definition) is 9. The number of nitrogens with zero attached hydrogens (tertiary/aromatic N) is 1. The Balaban J connectivity index is 1.52. The van der Waals surface area contributed by atoms with Crippen molar-refractivity contribution in [2.75, 3.05) is 40.4 Å². The number of benzene rings is 3. The largest absolute Gasteiger partial charge is 0.508 e. The summed E-state index contributed by atoms with van der Waals surface area (Å²) < 4.78 is 10.1. The summed E-state index contributed by atoms with van der Waals surface area (Å²) >= 11 is 0. The van der Waals surface area contributed by atoms with Crippen LogP contribution < -0.4 is 20.1 Å². The third kappa shape index (κ3) is 12.1. The highest BCUT2D eigenvalue weighted by Gasteiger charge is 2.12. The Morgan fingerprint density at radius 3 is 1.88 bits per heavy atom. The van der Waals surface area contributed by atoms with E-state index in [2.05, 4.69) is 10.6 Å². The van der Waals surface area contributed by atoms with Crippen molar-refractivity contribution in [1.29, 1.82) is 0 Å². The van der Waals surface area contributed by atoms with Gasteiger partial charge in [0, 0.05) is 44.4 Å². The second-order valence-corrected chi connectivity index (χ2v) is 10.6. The second-order valence-electron chi connectivity index (χ2n) is 10.6. The molecule has 3 aromatic carbocycles. The lowest BCUT2D eigenvalue weighted by Crippen LogP contribution is -2.34. The van der Waals surface area contributed by atoms with Gasteiger partial charge < -0.3 is 45.4 Å². The maximum atomic E-state index is 13.2. The molecule has 12 nitrogen and oxygen atoms in total. The van der Waals surface area contributed by atoms with Crippen LogP contribution in [0.15, 0.2) is 72.8 Å². The monoisotopic (exact) mass is 659 g/mol. The Morgan fingerprint density at radius 2 is 1.21 bits per heavy atom. The van der Waals surface area contributed by atoms with Crippen LogP contribution in [0.2, 0.25) is 0 Å². The first kappa shape index (κ1) is 36.6. The normalized spacial score (nSPS) is 11.2. The first-order chi connectivity index (χ1) is 23.1. The molecule has 0 aromatic heterocycles. The summed E-state index contributed by atoms with van der Waals surface area (Å²) in [4.78, 5) is 39.4. The third-order valence-corrected chi connectivity index (χ3v) is 7.04. The molecule has 12 heteroatoms. The van der Waals surface area contributed by atoms with Crippen LogP contribution in [0.25, 0.3) is 18.2 Å². The minimum Gasteiger partial charge on any atom is -0.508 e. The minimum atomic E-state index is -0.389. The molecule has 0 fully saturated rings. The van der Waals surface area contributed by atoms with Crippen molar-refractivity contribution in [3.8, 4) is 34.5 Å². The Bertz CT molecular complexity index is 1630. The number of carbonyl (C=O) groups excluding carboxylic acids is 3. The standard InChI is InChI=1S/C36H41N3O9/c1-47-31-23-26(8-14-29(31)41)11-17-35(45)39(20-4-3-18-37-33(43)15-9-25-6-12-28(40)13-7-25)21-5-19-38-34(44)16-10-27-22-30(42)36(46)32(24-27)48-2/h6-17,22-24,40-42,46H,3-5,18-21H2,1-2H3,(H,37,43)(H,38,44)/b15-9+,16-10+,17-11+. The number of unbranched alkanes of at least 4 members (excludes halogenated alkanes) is 1. The molecule has 3 aromatic rings. The fourth-order valence-electron chi connectivity index (χ4n) is 4.44. The van der Waals surface area contributed by atoms with Gasteiger partial charge in [0.1, 0.15) is 5.75 Å². The van der Waals surface area contributed by atoms with Crippen LogP contribution in [0.4, 0.5) is 0 Å². The number of nitrogens with one attached hydrogen (secondary N) is 2. The SMILES string of the molecule is COc1cc(/C=C/C(=O)N(CCCCNC(=O)/C=C/c2ccc(O)cc2)CCCNC(=O)/C=C/c2cc(O)c(O)c(OC)c2)ccc1O. The highest BCUT2D eigenvalue weighted by Crippen LogP contribution is 2.36. The lowest BCUT2D eigenvalue weighted by atomic mass is 10.1. The smallest absolute Gasteiger partial charge is 0.246 e. The predicted molar refractivity (Wildman–Crippen MR) is 183 cm³/mol. The van der Waals surface area contributed by atoms with E-state index in [-0.39, 0.29) is 52.2 Å². The summed E-state index contributed by atoms with van der Waals surface area (Å²) in [6, 6.07) is 14.0. The van der Waals surface area contributed by atoms with Crippen molar-refractivity contribution in [1.82, 2.24) is 15.5 Å². The molecule has 0 bridgehead atoms. The molecule has 0 aliphatic rings. The first-order valence-electron chi connectivity index (χ1n) is 15.2. The Morgan fingerprint density at radius 1 is 0.646 bits per heavy atom. The summed E-state index contributed by atoms with van der Waals surface area (Å²) in [5.41, 5.74) is 1.90. The molecule has 0 aliphatic carbocycles. The number of hydrogen-bond donors (Lipinski definition) is 6. The maximum Gasteiger partial charge on any atom is 0.246 e. The van der Waals surface area contributed by atoms with E-state index in [0.717, 1.165) is 5.56 Å². The average Bonchev–Trinajstić information content (AvgIpc) is 3.08. The van der Waals surface area contributed by atoms with Crippen LogP contribution in [-0.2, 0) is 14.4 Å². The molecule has 3 rings (SSSR count). The topological polar surface area (TPSA) is 178 Å². The van der Waals surface area contributed by atoms with Gasteiger partial charge in [0.2, 0.25) is 23.5 Å². The summed E-state index contributed by atoms with van der Waals surface area (Å²) in [6.45, 7) is 1.48. The van der Waals surface area contributed by atoms with Gasteiger partial charge in [-0.2, -0.15) is 0 Å². The van der Waals surface area contributed by atoms with E-state index in [4.69, 9.17) is 9.47 Å². The van der Waals surface area contributed by atoms with Gasteiger partial charge in [-0.25, -0.2) is 0 Å². The molecule has 48 heavy (non-hydrogen) atoms. The number of rotatable bonds is 17. The van der Waals surface area contributed by atoms with Crippen molar-refractivity contribution in [3.05, 3.63) is 89.5 Å². The second kappa shape index (κ2) is 18.9. The first-order valence-corrected chi connectivity index (χ1v) is 15.2. The average molecular weight is 660 g/mol. The molecule has 0 heterocycles. The van der Waals surface area contributed by atoms with E-state index >= 15 is 0 Å². The Kier molecular flexibility index (Phi) is 14.4. The van der Waals surface area contributed by atoms with Crippen molar-refractivity contribution < 1.29 is 44.3 Å². The molecule has 0 saturated carbocycles. The van der Waals surface area contributed by atoms with Crippen LogP contribution in [0.5, 0.6) is 34.5 Å². The number of methoxy groups -OCH3 is 2. The van der Waals surface area contributed by atoms with Gasteiger partial charge in [0.25, 0.3) is 0 Å². The molecule has 254 valence electrons. The lowest BCUT2D eigenvalue weighted by molar-refractivity contribution is -0.126. The highest BCUT2D eigenvalue weighted by molar-refractivity contribution is 5.93. The number of phenolic OH excluding ortho intramolecular Hbond substituents is 4. The van der Waals surface area contributed by atoms with Gasteiger partial charge in [-0.3, -0.25) is 14.4 Å². The molecule has 3 amide bonds. The van der Waals surface area contributed by atoms with Crippen LogP contribution in [-0.4, -0.2) is 83.4 Å². The lowest BCUT2D eigenvalue weighted by Gasteiger charge is -2.21. The fraction of sp³-hybridized carbons (Fsp3) is 0.250. The van der Waals surface area contributed by atoms with Crippen molar-refractivity contribution >= 4 is 35.9 Å². The van der Waals surface area contributed by atoms with Gasteiger partial charge in [-0.15, -0.1) is 0 Å². The molecule has 6 N–H and O–H groups in total. The van der Waals surface area contributed by atoms with Gasteiger partial charge in [-0.1, -0.05) is 18.2 Å². The summed E-state index contributed by atoms with van der Waals surface area (Å²) in [5.74, 6) is -1.14. The molecule has 0 atom stereocenters. The zero-order chi connectivity index (χ0) is 34.9. The van der Waals surface area contributed by atoms with Gasteiger partial charge in [0.05, 0.1) is 14.2 Å². The van der Waals surface area contributed by atoms with Gasteiger partial charge in [-0.05, 0) is 90.6 Å². The maximum absolute atomic E-state index is 13.2. The summed E-state index contributed by atoms with van der Waals surface area (Å²) in [7, 11) is 2.79. The van der Waals surface area contributed by atoms with E-state index in [1.807, 2.05) is 0 Å². The number of ether oxygens (including phenoxy) is 2. The van der Waals surface area contributed by atoms with E-state index in [0.29, 0.717) is 56.6 Å². The van der Waals surface area contributed by atoms with E-state index in [1.165, 1.54) is 68.9 Å². The third-order valence-electron chi connectivity index (χ3n) is 7.04. The number of carbonyl (C=O) groups is 3. The van der Waals surface area contributed by atoms with Crippen LogP contribution in [0.1, 0.15) is 36.0 Å². The van der Waals surface area contributed by atoms with Gasteiger partial charge in [0.15, 0.2) is 23.0 Å². The number of amides is 3. The summed E-state index contributed by atoms with van der Waals surface area (Å²) in [6.07, 6.45) is 10.6.